The smallest absolute Gasteiger partial charge is 0.410 e. The minimum Gasteiger partial charge on any atom is -0.444 e. The summed E-state index contributed by atoms with van der Waals surface area (Å²) in [5, 5.41) is 0. The van der Waals surface area contributed by atoms with Gasteiger partial charge in [-0.3, -0.25) is 0 Å². The summed E-state index contributed by atoms with van der Waals surface area (Å²) >= 11 is 5.83. The van der Waals surface area contributed by atoms with Crippen LogP contribution in [0, 0.1) is 3.57 Å². The molecule has 0 unspecified atom stereocenters. The van der Waals surface area contributed by atoms with E-state index in [2.05, 4.69) is 61.6 Å². The van der Waals surface area contributed by atoms with Crippen molar-refractivity contribution < 1.29 is 9.53 Å². The van der Waals surface area contributed by atoms with Crippen molar-refractivity contribution in [1.82, 2.24) is 4.90 Å². The van der Waals surface area contributed by atoms with Crippen molar-refractivity contribution in [1.29, 1.82) is 0 Å². The second-order valence-corrected chi connectivity index (χ2v) is 8.13. The second kappa shape index (κ2) is 6.73. The van der Waals surface area contributed by atoms with Gasteiger partial charge in [0.15, 0.2) is 0 Å². The molecule has 1 aliphatic heterocycles. The Morgan fingerprint density at radius 1 is 1.24 bits per heavy atom. The van der Waals surface area contributed by atoms with Gasteiger partial charge in [0.25, 0.3) is 0 Å². The second-order valence-electron chi connectivity index (χ2n) is 6.05. The number of ether oxygens (including phenoxy) is 1. The zero-order chi connectivity index (χ0) is 15.6. The van der Waals surface area contributed by atoms with Gasteiger partial charge in [-0.2, -0.15) is 0 Å². The van der Waals surface area contributed by atoms with Gasteiger partial charge in [-0.05, 0) is 61.6 Å². The van der Waals surface area contributed by atoms with Crippen LogP contribution < -0.4 is 4.90 Å². The van der Waals surface area contributed by atoms with Crippen LogP contribution in [0.25, 0.3) is 0 Å². The molecule has 0 N–H and O–H groups in total. The Morgan fingerprint density at radius 2 is 1.86 bits per heavy atom. The molecule has 6 heteroatoms. The van der Waals surface area contributed by atoms with Crippen LogP contribution in [0.4, 0.5) is 10.5 Å². The Labute approximate surface area is 148 Å². The average molecular weight is 467 g/mol. The number of anilines is 1. The molecule has 116 valence electrons. The first-order valence-electron chi connectivity index (χ1n) is 6.94. The van der Waals surface area contributed by atoms with E-state index in [9.17, 15) is 4.79 Å². The highest BCUT2D eigenvalue weighted by molar-refractivity contribution is 14.1. The number of rotatable bonds is 1. The SMILES string of the molecule is CC(C)(C)OC(=O)N1CCN(c2ccc(Br)cc2I)CC1. The molecule has 0 bridgehead atoms. The molecule has 0 spiro atoms. The topological polar surface area (TPSA) is 32.8 Å². The van der Waals surface area contributed by atoms with E-state index in [0.717, 1.165) is 17.6 Å². The Kier molecular flexibility index (Phi) is 5.40. The molecule has 0 atom stereocenters. The molecular formula is C15H20BrIN2O2. The number of halogens is 2. The Balaban J connectivity index is 1.95. The maximum Gasteiger partial charge on any atom is 0.410 e. The van der Waals surface area contributed by atoms with Crippen molar-refractivity contribution in [3.05, 3.63) is 26.2 Å². The maximum atomic E-state index is 12.0. The van der Waals surface area contributed by atoms with E-state index in [-0.39, 0.29) is 6.09 Å². The summed E-state index contributed by atoms with van der Waals surface area (Å²) in [5.74, 6) is 0. The first-order valence-corrected chi connectivity index (χ1v) is 8.81. The molecule has 1 fully saturated rings. The number of benzene rings is 1. The predicted octanol–water partition coefficient (Wildman–Crippen LogP) is 4.11. The molecular weight excluding hydrogens is 447 g/mol. The van der Waals surface area contributed by atoms with Crippen LogP contribution in [0.5, 0.6) is 0 Å². The van der Waals surface area contributed by atoms with Crippen molar-refractivity contribution in [2.45, 2.75) is 26.4 Å². The monoisotopic (exact) mass is 466 g/mol. The molecule has 0 saturated carbocycles. The van der Waals surface area contributed by atoms with Crippen molar-refractivity contribution in [3.8, 4) is 0 Å². The van der Waals surface area contributed by atoms with Gasteiger partial charge in [-0.25, -0.2) is 4.79 Å². The molecule has 1 heterocycles. The first-order chi connectivity index (χ1) is 9.76. The molecule has 1 aromatic carbocycles. The molecule has 21 heavy (non-hydrogen) atoms. The van der Waals surface area contributed by atoms with E-state index >= 15 is 0 Å². The van der Waals surface area contributed by atoms with Crippen LogP contribution in [-0.2, 0) is 4.74 Å². The molecule has 0 aliphatic carbocycles. The van der Waals surface area contributed by atoms with Crippen LogP contribution in [-0.4, -0.2) is 42.8 Å². The van der Waals surface area contributed by atoms with E-state index in [1.807, 2.05) is 20.8 Å². The Morgan fingerprint density at radius 3 is 2.38 bits per heavy atom. The van der Waals surface area contributed by atoms with Gasteiger partial charge < -0.3 is 14.5 Å². The van der Waals surface area contributed by atoms with Crippen molar-refractivity contribution in [2.24, 2.45) is 0 Å². The van der Waals surface area contributed by atoms with Gasteiger partial charge in [-0.1, -0.05) is 15.9 Å². The van der Waals surface area contributed by atoms with E-state index in [4.69, 9.17) is 4.74 Å². The van der Waals surface area contributed by atoms with E-state index in [1.165, 1.54) is 9.26 Å². The van der Waals surface area contributed by atoms with Crippen molar-refractivity contribution >= 4 is 50.3 Å². The van der Waals surface area contributed by atoms with Crippen LogP contribution in [0.2, 0.25) is 0 Å². The highest BCUT2D eigenvalue weighted by Gasteiger charge is 2.26. The summed E-state index contributed by atoms with van der Waals surface area (Å²) in [6.45, 7) is 8.73. The van der Waals surface area contributed by atoms with Gasteiger partial charge in [-0.15, -0.1) is 0 Å². The molecule has 2 rings (SSSR count). The zero-order valence-electron chi connectivity index (χ0n) is 12.5. The molecule has 1 aromatic rings. The maximum absolute atomic E-state index is 12.0. The number of nitrogens with zero attached hydrogens (tertiary/aromatic N) is 2. The van der Waals surface area contributed by atoms with Gasteiger partial charge in [0, 0.05) is 34.2 Å². The number of hydrogen-bond acceptors (Lipinski definition) is 3. The number of piperazine rings is 1. The average Bonchev–Trinajstić information content (AvgIpc) is 2.37. The molecule has 0 radical (unpaired) electrons. The predicted molar refractivity (Wildman–Crippen MR) is 96.9 cm³/mol. The molecule has 1 amide bonds. The summed E-state index contributed by atoms with van der Waals surface area (Å²) in [5.41, 5.74) is 0.789. The summed E-state index contributed by atoms with van der Waals surface area (Å²) in [4.78, 5) is 16.1. The quantitative estimate of drug-likeness (QED) is 0.584. The van der Waals surface area contributed by atoms with Gasteiger partial charge >= 0.3 is 6.09 Å². The molecule has 1 aliphatic rings. The third kappa shape index (κ3) is 4.74. The van der Waals surface area contributed by atoms with Crippen molar-refractivity contribution in [3.63, 3.8) is 0 Å². The minimum atomic E-state index is -0.435. The van der Waals surface area contributed by atoms with Gasteiger partial charge in [0.05, 0.1) is 5.69 Å². The lowest BCUT2D eigenvalue weighted by atomic mass is 10.2. The lowest BCUT2D eigenvalue weighted by molar-refractivity contribution is 0.0240. The summed E-state index contributed by atoms with van der Waals surface area (Å²) in [7, 11) is 0. The van der Waals surface area contributed by atoms with E-state index in [1.54, 1.807) is 4.90 Å². The third-order valence-electron chi connectivity index (χ3n) is 3.18. The Hall–Kier alpha value is -0.500. The van der Waals surface area contributed by atoms with E-state index < -0.39 is 5.60 Å². The number of hydrogen-bond donors (Lipinski definition) is 0. The highest BCUT2D eigenvalue weighted by atomic mass is 127. The fourth-order valence-electron chi connectivity index (χ4n) is 2.19. The van der Waals surface area contributed by atoms with Crippen LogP contribution in [0.15, 0.2) is 22.7 Å². The number of carbonyl (C=O) groups is 1. The van der Waals surface area contributed by atoms with Crippen LogP contribution in [0.3, 0.4) is 0 Å². The fraction of sp³-hybridized carbons (Fsp3) is 0.533. The van der Waals surface area contributed by atoms with E-state index in [0.29, 0.717) is 13.1 Å². The van der Waals surface area contributed by atoms with Gasteiger partial charge in [0.1, 0.15) is 5.60 Å². The summed E-state index contributed by atoms with van der Waals surface area (Å²) < 4.78 is 7.72. The van der Waals surface area contributed by atoms with Crippen molar-refractivity contribution in [2.75, 3.05) is 31.1 Å². The third-order valence-corrected chi connectivity index (χ3v) is 4.54. The fourth-order valence-corrected chi connectivity index (χ4v) is 3.84. The molecule has 0 aromatic heterocycles. The lowest BCUT2D eigenvalue weighted by Gasteiger charge is -2.37. The lowest BCUT2D eigenvalue weighted by Crippen LogP contribution is -2.50. The summed E-state index contributed by atoms with van der Waals surface area (Å²) in [6.07, 6.45) is -0.215. The summed E-state index contributed by atoms with van der Waals surface area (Å²) in [6, 6.07) is 6.28. The largest absolute Gasteiger partial charge is 0.444 e. The number of carbonyl (C=O) groups excluding carboxylic acids is 1. The standard InChI is InChI=1S/C15H20BrIN2O2/c1-15(2,3)21-14(20)19-8-6-18(7-9-19)13-5-4-11(16)10-12(13)17/h4-5,10H,6-9H2,1-3H3. The van der Waals surface area contributed by atoms with Gasteiger partial charge in [0.2, 0.25) is 0 Å². The minimum absolute atomic E-state index is 0.215. The normalized spacial score (nSPS) is 16.0. The zero-order valence-corrected chi connectivity index (χ0v) is 16.3. The molecule has 1 saturated heterocycles. The number of amides is 1. The highest BCUT2D eigenvalue weighted by Crippen LogP contribution is 2.27. The van der Waals surface area contributed by atoms with Crippen LogP contribution in [0.1, 0.15) is 20.8 Å². The first kappa shape index (κ1) is 16.9. The molecule has 4 nitrogen and oxygen atoms in total. The van der Waals surface area contributed by atoms with Crippen LogP contribution >= 0.6 is 38.5 Å². The Bertz CT molecular complexity index is 523.